The molecule has 0 spiro atoms. The normalized spacial score (nSPS) is 15.8. The minimum Gasteiger partial charge on any atom is -0.342 e. The van der Waals surface area contributed by atoms with Crippen LogP contribution < -0.4 is 10.2 Å². The summed E-state index contributed by atoms with van der Waals surface area (Å²) in [5.41, 5.74) is 4.92. The van der Waals surface area contributed by atoms with Crippen molar-refractivity contribution in [3.63, 3.8) is 0 Å². The number of rotatable bonds is 6. The van der Waals surface area contributed by atoms with Gasteiger partial charge in [-0.1, -0.05) is 11.2 Å². The predicted octanol–water partition coefficient (Wildman–Crippen LogP) is 4.34. The van der Waals surface area contributed by atoms with E-state index < -0.39 is 0 Å². The van der Waals surface area contributed by atoms with Crippen LogP contribution >= 0.6 is 11.8 Å². The number of thioether (sulfide) groups is 1. The van der Waals surface area contributed by atoms with Gasteiger partial charge in [-0.25, -0.2) is 0 Å². The van der Waals surface area contributed by atoms with Crippen LogP contribution in [0.15, 0.2) is 53.4 Å². The predicted molar refractivity (Wildman–Crippen MR) is 129 cm³/mol. The SMILES string of the molecule is O=C(CN(C(=O)C1CCSCC1)c1ccc2c(c1)CCC2)Nc1ccc(-c2ncon2)cc1. The minimum atomic E-state index is -0.221. The zero-order valence-electron chi connectivity index (χ0n) is 18.3. The Bertz CT molecular complexity index is 1130. The van der Waals surface area contributed by atoms with Crippen LogP contribution in [-0.2, 0) is 22.4 Å². The van der Waals surface area contributed by atoms with Crippen LogP contribution in [0.1, 0.15) is 30.4 Å². The third-order valence-electron chi connectivity index (χ3n) is 6.32. The summed E-state index contributed by atoms with van der Waals surface area (Å²) in [5, 5.41) is 6.74. The van der Waals surface area contributed by atoms with Crippen LogP contribution in [0.3, 0.4) is 0 Å². The van der Waals surface area contributed by atoms with Crippen molar-refractivity contribution in [3.8, 4) is 11.4 Å². The Morgan fingerprint density at radius 2 is 1.85 bits per heavy atom. The van der Waals surface area contributed by atoms with Gasteiger partial charge in [0.05, 0.1) is 0 Å². The first-order valence-electron chi connectivity index (χ1n) is 11.3. The zero-order valence-corrected chi connectivity index (χ0v) is 19.1. The summed E-state index contributed by atoms with van der Waals surface area (Å²) >= 11 is 1.89. The highest BCUT2D eigenvalue weighted by Crippen LogP contribution is 2.30. The number of hydrogen-bond donors (Lipinski definition) is 1. The fourth-order valence-electron chi connectivity index (χ4n) is 4.53. The molecular formula is C25H26N4O3S. The highest BCUT2D eigenvalue weighted by Gasteiger charge is 2.29. The second-order valence-electron chi connectivity index (χ2n) is 8.50. The molecule has 170 valence electrons. The molecule has 2 aromatic carbocycles. The largest absolute Gasteiger partial charge is 0.342 e. The highest BCUT2D eigenvalue weighted by atomic mass is 32.2. The van der Waals surface area contributed by atoms with E-state index >= 15 is 0 Å². The molecule has 2 aliphatic rings. The van der Waals surface area contributed by atoms with Gasteiger partial charge in [0.15, 0.2) is 0 Å². The summed E-state index contributed by atoms with van der Waals surface area (Å²) < 4.78 is 4.78. The maximum Gasteiger partial charge on any atom is 0.244 e. The number of benzene rings is 2. The van der Waals surface area contributed by atoms with E-state index in [0.29, 0.717) is 11.5 Å². The van der Waals surface area contributed by atoms with Gasteiger partial charge in [-0.2, -0.15) is 16.7 Å². The van der Waals surface area contributed by atoms with Crippen LogP contribution in [0.25, 0.3) is 11.4 Å². The van der Waals surface area contributed by atoms with Crippen LogP contribution in [-0.4, -0.2) is 40.0 Å². The number of aromatic nitrogens is 2. The Morgan fingerprint density at radius 3 is 2.61 bits per heavy atom. The van der Waals surface area contributed by atoms with Crippen molar-refractivity contribution in [3.05, 3.63) is 60.0 Å². The molecule has 33 heavy (non-hydrogen) atoms. The van der Waals surface area contributed by atoms with Crippen molar-refractivity contribution in [2.45, 2.75) is 32.1 Å². The van der Waals surface area contributed by atoms with Crippen molar-refractivity contribution < 1.29 is 14.1 Å². The quantitative estimate of drug-likeness (QED) is 0.586. The Balaban J connectivity index is 1.32. The molecule has 1 aliphatic heterocycles. The Labute approximate surface area is 196 Å². The number of amides is 2. The number of hydrogen-bond acceptors (Lipinski definition) is 6. The molecule has 5 rings (SSSR count). The molecule has 0 bridgehead atoms. The lowest BCUT2D eigenvalue weighted by molar-refractivity contribution is -0.124. The van der Waals surface area contributed by atoms with Crippen molar-refractivity contribution in [2.24, 2.45) is 5.92 Å². The van der Waals surface area contributed by atoms with E-state index in [0.717, 1.165) is 54.9 Å². The number of nitrogens with zero attached hydrogens (tertiary/aromatic N) is 3. The molecule has 1 aliphatic carbocycles. The highest BCUT2D eigenvalue weighted by molar-refractivity contribution is 7.99. The lowest BCUT2D eigenvalue weighted by atomic mass is 10.00. The maximum atomic E-state index is 13.5. The van der Waals surface area contributed by atoms with Crippen LogP contribution in [0.2, 0.25) is 0 Å². The topological polar surface area (TPSA) is 88.3 Å². The summed E-state index contributed by atoms with van der Waals surface area (Å²) in [6.07, 6.45) is 6.27. The fourth-order valence-corrected chi connectivity index (χ4v) is 5.64. The first-order chi connectivity index (χ1) is 16.2. The van der Waals surface area contributed by atoms with Crippen molar-refractivity contribution in [1.29, 1.82) is 0 Å². The van der Waals surface area contributed by atoms with E-state index in [-0.39, 0.29) is 24.3 Å². The molecule has 2 amide bonds. The molecule has 0 radical (unpaired) electrons. The lowest BCUT2D eigenvalue weighted by Gasteiger charge is -2.29. The summed E-state index contributed by atoms with van der Waals surface area (Å²) in [4.78, 5) is 32.2. The molecule has 1 N–H and O–H groups in total. The fraction of sp³-hybridized carbons (Fsp3) is 0.360. The van der Waals surface area contributed by atoms with Gasteiger partial charge in [-0.3, -0.25) is 9.59 Å². The lowest BCUT2D eigenvalue weighted by Crippen LogP contribution is -2.42. The van der Waals surface area contributed by atoms with Crippen LogP contribution in [0, 0.1) is 5.92 Å². The number of carbonyl (C=O) groups is 2. The number of aryl methyl sites for hydroxylation is 2. The van der Waals surface area contributed by atoms with Crippen molar-refractivity contribution >= 4 is 35.0 Å². The first-order valence-corrected chi connectivity index (χ1v) is 12.5. The molecule has 0 saturated carbocycles. The van der Waals surface area contributed by atoms with Gasteiger partial charge in [0, 0.05) is 22.9 Å². The number of anilines is 2. The van der Waals surface area contributed by atoms with Crippen molar-refractivity contribution in [1.82, 2.24) is 10.1 Å². The van der Waals surface area contributed by atoms with E-state index in [1.165, 1.54) is 17.5 Å². The molecule has 0 atom stereocenters. The third-order valence-corrected chi connectivity index (χ3v) is 7.37. The second-order valence-corrected chi connectivity index (χ2v) is 9.72. The first kappa shape index (κ1) is 21.7. The Morgan fingerprint density at radius 1 is 1.06 bits per heavy atom. The van der Waals surface area contributed by atoms with Crippen LogP contribution in [0.5, 0.6) is 0 Å². The zero-order chi connectivity index (χ0) is 22.6. The maximum absolute atomic E-state index is 13.5. The second kappa shape index (κ2) is 9.79. The molecule has 0 unspecified atom stereocenters. The molecule has 3 aromatic rings. The van der Waals surface area contributed by atoms with E-state index in [9.17, 15) is 9.59 Å². The van der Waals surface area contributed by atoms with E-state index in [2.05, 4.69) is 27.6 Å². The summed E-state index contributed by atoms with van der Waals surface area (Å²) in [6, 6.07) is 13.4. The van der Waals surface area contributed by atoms with Crippen molar-refractivity contribution in [2.75, 3.05) is 28.3 Å². The molecule has 7 nitrogen and oxygen atoms in total. The van der Waals surface area contributed by atoms with Gasteiger partial charge in [0.1, 0.15) is 6.54 Å². The van der Waals surface area contributed by atoms with Gasteiger partial charge in [-0.15, -0.1) is 0 Å². The van der Waals surface area contributed by atoms with Gasteiger partial charge >= 0.3 is 0 Å². The van der Waals surface area contributed by atoms with Crippen LogP contribution in [0.4, 0.5) is 11.4 Å². The number of carbonyl (C=O) groups excluding carboxylic acids is 2. The summed E-state index contributed by atoms with van der Waals surface area (Å²) in [7, 11) is 0. The molecule has 1 aromatic heterocycles. The monoisotopic (exact) mass is 462 g/mol. The smallest absolute Gasteiger partial charge is 0.244 e. The molecular weight excluding hydrogens is 436 g/mol. The molecule has 8 heteroatoms. The Kier molecular flexibility index (Phi) is 6.44. The molecule has 2 heterocycles. The van der Waals surface area contributed by atoms with Gasteiger partial charge in [0.2, 0.25) is 24.0 Å². The average molecular weight is 463 g/mol. The number of nitrogens with one attached hydrogen (secondary N) is 1. The average Bonchev–Trinajstić information content (AvgIpc) is 3.55. The van der Waals surface area contributed by atoms with E-state index in [1.54, 1.807) is 17.0 Å². The minimum absolute atomic E-state index is 0.00610. The van der Waals surface area contributed by atoms with Gasteiger partial charge in [-0.05, 0) is 91.1 Å². The Hall–Kier alpha value is -3.13. The molecule has 1 saturated heterocycles. The van der Waals surface area contributed by atoms with Gasteiger partial charge < -0.3 is 14.7 Å². The number of fused-ring (bicyclic) bond motifs is 1. The van der Waals surface area contributed by atoms with E-state index in [1.807, 2.05) is 30.0 Å². The summed E-state index contributed by atoms with van der Waals surface area (Å²) in [5.74, 6) is 2.28. The standard InChI is InChI=1S/C25H26N4O3S/c30-23(27-21-7-4-18(5-8-21)24-26-16-32-28-24)15-29(25(31)19-10-12-33-13-11-19)22-9-6-17-2-1-3-20(17)14-22/h4-9,14,16,19H,1-3,10-13,15H2,(H,27,30). The van der Waals surface area contributed by atoms with E-state index in [4.69, 9.17) is 4.52 Å². The van der Waals surface area contributed by atoms with Gasteiger partial charge in [0.25, 0.3) is 0 Å². The summed E-state index contributed by atoms with van der Waals surface area (Å²) in [6.45, 7) is -0.00610. The third kappa shape index (κ3) is 4.95. The molecule has 1 fully saturated rings.